The first kappa shape index (κ1) is 10.2. The number of rotatable bonds is 1. The first-order valence-electron chi connectivity index (χ1n) is 5.86. The van der Waals surface area contributed by atoms with E-state index in [1.807, 2.05) is 12.1 Å². The summed E-state index contributed by atoms with van der Waals surface area (Å²) in [5.41, 5.74) is 1.80. The highest BCUT2D eigenvalue weighted by atomic mass is 35.5. The van der Waals surface area contributed by atoms with Crippen LogP contribution in [0, 0.1) is 5.92 Å². The van der Waals surface area contributed by atoms with E-state index in [0.29, 0.717) is 16.5 Å². The first-order valence-corrected chi connectivity index (χ1v) is 6.24. The van der Waals surface area contributed by atoms with Crippen LogP contribution in [0.2, 0.25) is 5.02 Å². The lowest BCUT2D eigenvalue weighted by Gasteiger charge is -2.18. The van der Waals surface area contributed by atoms with Gasteiger partial charge in [-0.2, -0.15) is 0 Å². The number of carbonyl (C=O) groups is 1. The number of amides is 1. The number of fused-ring (bicyclic) bond motifs is 1. The van der Waals surface area contributed by atoms with Crippen LogP contribution in [0.3, 0.4) is 0 Å². The SMILES string of the molecule is O=C1NC(C2CCCC2)c2cccc(Cl)c21. The molecule has 3 rings (SSSR count). The van der Waals surface area contributed by atoms with Gasteiger partial charge in [-0.05, 0) is 30.4 Å². The van der Waals surface area contributed by atoms with Crippen molar-refractivity contribution in [2.75, 3.05) is 0 Å². The van der Waals surface area contributed by atoms with Gasteiger partial charge in [0.2, 0.25) is 0 Å². The van der Waals surface area contributed by atoms with Crippen molar-refractivity contribution in [1.29, 1.82) is 0 Å². The molecule has 1 fully saturated rings. The number of halogens is 1. The van der Waals surface area contributed by atoms with Crippen LogP contribution in [0.1, 0.15) is 47.6 Å². The Morgan fingerprint density at radius 3 is 2.75 bits per heavy atom. The van der Waals surface area contributed by atoms with E-state index in [4.69, 9.17) is 11.6 Å². The molecule has 1 heterocycles. The molecule has 0 radical (unpaired) electrons. The maximum absolute atomic E-state index is 11.9. The summed E-state index contributed by atoms with van der Waals surface area (Å²) in [5.74, 6) is 0.598. The van der Waals surface area contributed by atoms with Gasteiger partial charge in [-0.15, -0.1) is 0 Å². The average molecular weight is 236 g/mol. The highest BCUT2D eigenvalue weighted by molar-refractivity contribution is 6.34. The molecule has 0 saturated heterocycles. The summed E-state index contributed by atoms with van der Waals surface area (Å²) in [6.07, 6.45) is 5.01. The fraction of sp³-hybridized carbons (Fsp3) is 0.462. The van der Waals surface area contributed by atoms with Gasteiger partial charge in [0.25, 0.3) is 5.91 Å². The molecule has 1 atom stereocenters. The van der Waals surface area contributed by atoms with Crippen molar-refractivity contribution in [2.24, 2.45) is 5.92 Å². The number of carbonyl (C=O) groups excluding carboxylic acids is 1. The zero-order valence-electron chi connectivity index (χ0n) is 9.00. The predicted molar refractivity (Wildman–Crippen MR) is 63.6 cm³/mol. The van der Waals surface area contributed by atoms with E-state index < -0.39 is 0 Å². The summed E-state index contributed by atoms with van der Waals surface area (Å²) in [6, 6.07) is 5.95. The fourth-order valence-corrected chi connectivity index (χ4v) is 3.26. The molecule has 1 aromatic carbocycles. The highest BCUT2D eigenvalue weighted by Gasteiger charge is 2.36. The molecular formula is C13H14ClNO. The first-order chi connectivity index (χ1) is 7.77. The van der Waals surface area contributed by atoms with E-state index in [-0.39, 0.29) is 11.9 Å². The molecule has 1 N–H and O–H groups in total. The quantitative estimate of drug-likeness (QED) is 0.795. The molecule has 1 amide bonds. The van der Waals surface area contributed by atoms with Crippen LogP contribution < -0.4 is 5.32 Å². The van der Waals surface area contributed by atoms with Crippen molar-refractivity contribution < 1.29 is 4.79 Å². The summed E-state index contributed by atoms with van der Waals surface area (Å²) in [6.45, 7) is 0. The lowest BCUT2D eigenvalue weighted by molar-refractivity contribution is 0.0946. The van der Waals surface area contributed by atoms with Gasteiger partial charge in [0.1, 0.15) is 0 Å². The van der Waals surface area contributed by atoms with Gasteiger partial charge in [0, 0.05) is 0 Å². The molecule has 16 heavy (non-hydrogen) atoms. The zero-order valence-corrected chi connectivity index (χ0v) is 9.76. The molecule has 84 valence electrons. The van der Waals surface area contributed by atoms with Crippen molar-refractivity contribution in [3.8, 4) is 0 Å². The monoisotopic (exact) mass is 235 g/mol. The van der Waals surface area contributed by atoms with Crippen molar-refractivity contribution in [2.45, 2.75) is 31.7 Å². The van der Waals surface area contributed by atoms with Gasteiger partial charge in [0.15, 0.2) is 0 Å². The third-order valence-corrected chi connectivity index (χ3v) is 4.08. The zero-order chi connectivity index (χ0) is 11.1. The van der Waals surface area contributed by atoms with Crippen LogP contribution in [0.5, 0.6) is 0 Å². The standard InChI is InChI=1S/C13H14ClNO/c14-10-7-3-6-9-11(10)13(16)15-12(9)8-4-1-2-5-8/h3,6-8,12H,1-2,4-5H2,(H,15,16). The van der Waals surface area contributed by atoms with Crippen molar-refractivity contribution in [1.82, 2.24) is 5.32 Å². The van der Waals surface area contributed by atoms with E-state index in [2.05, 4.69) is 5.32 Å². The van der Waals surface area contributed by atoms with Crippen LogP contribution in [-0.2, 0) is 0 Å². The maximum Gasteiger partial charge on any atom is 0.253 e. The normalized spacial score (nSPS) is 24.6. The number of hydrogen-bond acceptors (Lipinski definition) is 1. The lowest BCUT2D eigenvalue weighted by atomic mass is 9.92. The summed E-state index contributed by atoms with van der Waals surface area (Å²) in [7, 11) is 0. The summed E-state index contributed by atoms with van der Waals surface area (Å²) in [5, 5.41) is 3.66. The minimum absolute atomic E-state index is 0.00231. The Hall–Kier alpha value is -1.02. The predicted octanol–water partition coefficient (Wildman–Crippen LogP) is 3.31. The second-order valence-corrected chi connectivity index (χ2v) is 5.11. The topological polar surface area (TPSA) is 29.1 Å². The minimum atomic E-state index is -0.00231. The summed E-state index contributed by atoms with van der Waals surface area (Å²) < 4.78 is 0. The highest BCUT2D eigenvalue weighted by Crippen LogP contribution is 2.41. The van der Waals surface area contributed by atoms with E-state index in [9.17, 15) is 4.79 Å². The molecule has 1 aromatic rings. The largest absolute Gasteiger partial charge is 0.345 e. The maximum atomic E-state index is 11.9. The van der Waals surface area contributed by atoms with Crippen molar-refractivity contribution in [3.05, 3.63) is 34.3 Å². The summed E-state index contributed by atoms with van der Waals surface area (Å²) in [4.78, 5) is 11.9. The van der Waals surface area contributed by atoms with Gasteiger partial charge in [-0.1, -0.05) is 36.6 Å². The van der Waals surface area contributed by atoms with E-state index in [1.165, 1.54) is 25.7 Å². The Morgan fingerprint density at radius 2 is 2.00 bits per heavy atom. The second-order valence-electron chi connectivity index (χ2n) is 4.70. The van der Waals surface area contributed by atoms with Crippen LogP contribution in [0.4, 0.5) is 0 Å². The molecule has 3 heteroatoms. The molecule has 2 aliphatic rings. The Balaban J connectivity index is 2.01. The molecular weight excluding hydrogens is 222 g/mol. The molecule has 0 bridgehead atoms. The molecule has 0 aromatic heterocycles. The van der Waals surface area contributed by atoms with Gasteiger partial charge < -0.3 is 5.32 Å². The minimum Gasteiger partial charge on any atom is -0.345 e. The number of hydrogen-bond donors (Lipinski definition) is 1. The molecule has 2 nitrogen and oxygen atoms in total. The van der Waals surface area contributed by atoms with Crippen LogP contribution in [0.15, 0.2) is 18.2 Å². The number of nitrogens with one attached hydrogen (secondary N) is 1. The molecule has 1 aliphatic carbocycles. The molecule has 1 saturated carbocycles. The third-order valence-electron chi connectivity index (χ3n) is 3.77. The van der Waals surface area contributed by atoms with E-state index >= 15 is 0 Å². The van der Waals surface area contributed by atoms with E-state index in [0.717, 1.165) is 5.56 Å². The summed E-state index contributed by atoms with van der Waals surface area (Å²) >= 11 is 6.08. The van der Waals surface area contributed by atoms with Crippen molar-refractivity contribution in [3.63, 3.8) is 0 Å². The molecule has 1 unspecified atom stereocenters. The van der Waals surface area contributed by atoms with E-state index in [1.54, 1.807) is 6.07 Å². The lowest BCUT2D eigenvalue weighted by Crippen LogP contribution is -2.24. The van der Waals surface area contributed by atoms with Crippen LogP contribution >= 0.6 is 11.6 Å². The average Bonchev–Trinajstić information content (AvgIpc) is 2.86. The third kappa shape index (κ3) is 1.44. The second kappa shape index (κ2) is 3.77. The Bertz CT molecular complexity index is 438. The van der Waals surface area contributed by atoms with Gasteiger partial charge in [-0.3, -0.25) is 4.79 Å². The Labute approximate surface area is 100.0 Å². The molecule has 0 spiro atoms. The molecule has 1 aliphatic heterocycles. The smallest absolute Gasteiger partial charge is 0.253 e. The van der Waals surface area contributed by atoms with Gasteiger partial charge in [0.05, 0.1) is 16.6 Å². The fourth-order valence-electron chi connectivity index (χ4n) is 2.99. The number of benzene rings is 1. The van der Waals surface area contributed by atoms with Gasteiger partial charge in [-0.25, -0.2) is 0 Å². The van der Waals surface area contributed by atoms with Crippen LogP contribution in [0.25, 0.3) is 0 Å². The Morgan fingerprint density at radius 1 is 1.25 bits per heavy atom. The van der Waals surface area contributed by atoms with Crippen LogP contribution in [-0.4, -0.2) is 5.91 Å². The van der Waals surface area contributed by atoms with Crippen molar-refractivity contribution >= 4 is 17.5 Å². The Kier molecular flexibility index (Phi) is 2.40. The van der Waals surface area contributed by atoms with Gasteiger partial charge >= 0.3 is 0 Å².